The maximum atomic E-state index is 10.3. The summed E-state index contributed by atoms with van der Waals surface area (Å²) in [5.41, 5.74) is 3.65. The van der Waals surface area contributed by atoms with E-state index < -0.39 is 0 Å². The van der Waals surface area contributed by atoms with Gasteiger partial charge in [-0.1, -0.05) is 74.4 Å². The van der Waals surface area contributed by atoms with Crippen LogP contribution in [-0.4, -0.2) is 15.9 Å². The lowest BCUT2D eigenvalue weighted by Gasteiger charge is -2.24. The highest BCUT2D eigenvalue weighted by molar-refractivity contribution is 6.25. The molecule has 2 aromatic rings. The molecule has 0 amide bonds. The van der Waals surface area contributed by atoms with Crippen molar-refractivity contribution >= 4 is 23.2 Å². The molecule has 28 heavy (non-hydrogen) atoms. The Labute approximate surface area is 180 Å². The van der Waals surface area contributed by atoms with Gasteiger partial charge in [0, 0.05) is 16.7 Å². The molecule has 1 aliphatic rings. The quantitative estimate of drug-likeness (QED) is 0.425. The van der Waals surface area contributed by atoms with Crippen molar-refractivity contribution in [3.05, 3.63) is 71.3 Å². The number of unbranched alkanes of at least 4 members (excludes halogenated alkanes) is 1. The highest BCUT2D eigenvalue weighted by Crippen LogP contribution is 2.47. The summed E-state index contributed by atoms with van der Waals surface area (Å²) in [6.07, 6.45) is 6.78. The first-order valence-corrected chi connectivity index (χ1v) is 11.6. The Morgan fingerprint density at radius 1 is 0.964 bits per heavy atom. The molecule has 1 fully saturated rings. The lowest BCUT2D eigenvalue weighted by atomic mass is 9.84. The molecule has 0 aliphatic heterocycles. The van der Waals surface area contributed by atoms with E-state index in [9.17, 15) is 5.11 Å². The number of aliphatic hydroxyl groups is 1. The Morgan fingerprint density at radius 3 is 2.36 bits per heavy atom. The predicted molar refractivity (Wildman–Crippen MR) is 120 cm³/mol. The summed E-state index contributed by atoms with van der Waals surface area (Å²) in [6, 6.07) is 19.1. The number of rotatable bonds is 9. The Kier molecular flexibility index (Phi) is 8.26. The van der Waals surface area contributed by atoms with Crippen LogP contribution in [-0.2, 0) is 6.42 Å². The fraction of sp³-hybridized carbons (Fsp3) is 0.520. The Hall–Kier alpha value is -1.02. The summed E-state index contributed by atoms with van der Waals surface area (Å²) in [7, 11) is 0. The van der Waals surface area contributed by atoms with Crippen molar-refractivity contribution < 1.29 is 5.11 Å². The molecule has 1 N–H and O–H groups in total. The van der Waals surface area contributed by atoms with Crippen molar-refractivity contribution in [1.29, 1.82) is 0 Å². The second kappa shape index (κ2) is 10.7. The van der Waals surface area contributed by atoms with E-state index >= 15 is 0 Å². The zero-order chi connectivity index (χ0) is 19.9. The largest absolute Gasteiger partial charge is 0.388 e. The predicted octanol–water partition coefficient (Wildman–Crippen LogP) is 7.25. The molecule has 3 heteroatoms. The van der Waals surface area contributed by atoms with Crippen molar-refractivity contribution in [3.8, 4) is 0 Å². The highest BCUT2D eigenvalue weighted by Gasteiger charge is 2.41. The van der Waals surface area contributed by atoms with Crippen molar-refractivity contribution in [2.24, 2.45) is 5.92 Å². The standard InChI is InChI=1S/C25H32Cl2O/c1-2-3-12-24(28)19-13-15-20(16-14-19)25-21(22(26)17-23(25)27)11-7-10-18-8-5-4-6-9-18/h4-6,8-9,13-16,21-25,28H,2-3,7,10-12,17H2,1H3. The number of hydrogen-bond donors (Lipinski definition) is 1. The molecular weight excluding hydrogens is 387 g/mol. The van der Waals surface area contributed by atoms with Crippen LogP contribution < -0.4 is 0 Å². The van der Waals surface area contributed by atoms with Crippen LogP contribution >= 0.6 is 23.2 Å². The maximum Gasteiger partial charge on any atom is 0.0790 e. The van der Waals surface area contributed by atoms with Crippen LogP contribution in [0.25, 0.3) is 0 Å². The number of benzene rings is 2. The van der Waals surface area contributed by atoms with Gasteiger partial charge in [-0.2, -0.15) is 0 Å². The van der Waals surface area contributed by atoms with Gasteiger partial charge in [0.15, 0.2) is 0 Å². The third kappa shape index (κ3) is 5.53. The van der Waals surface area contributed by atoms with Gasteiger partial charge >= 0.3 is 0 Å². The number of alkyl halides is 2. The van der Waals surface area contributed by atoms with E-state index in [1.807, 2.05) is 0 Å². The molecule has 1 nitrogen and oxygen atoms in total. The van der Waals surface area contributed by atoms with Gasteiger partial charge in [-0.05, 0) is 54.7 Å². The van der Waals surface area contributed by atoms with Gasteiger partial charge in [0.1, 0.15) is 0 Å². The topological polar surface area (TPSA) is 20.2 Å². The summed E-state index contributed by atoms with van der Waals surface area (Å²) in [5, 5.41) is 10.6. The maximum absolute atomic E-state index is 10.3. The summed E-state index contributed by atoms with van der Waals surface area (Å²) >= 11 is 13.4. The first-order valence-electron chi connectivity index (χ1n) is 10.7. The number of hydrogen-bond acceptors (Lipinski definition) is 1. The molecule has 5 atom stereocenters. The molecule has 0 saturated heterocycles. The van der Waals surface area contributed by atoms with Crippen LogP contribution in [0, 0.1) is 5.92 Å². The second-order valence-corrected chi connectivity index (χ2v) is 9.28. The van der Waals surface area contributed by atoms with Crippen LogP contribution in [0.3, 0.4) is 0 Å². The third-order valence-corrected chi connectivity index (χ3v) is 7.10. The molecule has 2 aromatic carbocycles. The van der Waals surface area contributed by atoms with Gasteiger partial charge in [-0.25, -0.2) is 0 Å². The molecule has 0 bridgehead atoms. The molecule has 152 valence electrons. The summed E-state index contributed by atoms with van der Waals surface area (Å²) in [4.78, 5) is 0. The zero-order valence-electron chi connectivity index (χ0n) is 16.7. The average molecular weight is 419 g/mol. The smallest absolute Gasteiger partial charge is 0.0790 e. The van der Waals surface area contributed by atoms with Crippen molar-refractivity contribution in [2.45, 2.75) is 74.6 Å². The van der Waals surface area contributed by atoms with Crippen LogP contribution in [0.2, 0.25) is 0 Å². The SMILES string of the molecule is CCCCC(O)c1ccc(C2C(Cl)CC(Cl)C2CCCc2ccccc2)cc1. The Morgan fingerprint density at radius 2 is 1.68 bits per heavy atom. The fourth-order valence-corrected chi connectivity index (χ4v) is 5.63. The third-order valence-electron chi connectivity index (χ3n) is 6.15. The molecular formula is C25H32Cl2O. The lowest BCUT2D eigenvalue weighted by molar-refractivity contribution is 0.164. The van der Waals surface area contributed by atoms with Gasteiger partial charge in [-0.3, -0.25) is 0 Å². The van der Waals surface area contributed by atoms with Crippen molar-refractivity contribution in [1.82, 2.24) is 0 Å². The monoisotopic (exact) mass is 418 g/mol. The van der Waals surface area contributed by atoms with E-state index in [1.54, 1.807) is 0 Å². The van der Waals surface area contributed by atoms with Crippen LogP contribution in [0.15, 0.2) is 54.6 Å². The van der Waals surface area contributed by atoms with Crippen molar-refractivity contribution in [3.63, 3.8) is 0 Å². The van der Waals surface area contributed by atoms with E-state index in [4.69, 9.17) is 23.2 Å². The number of aliphatic hydroxyl groups excluding tert-OH is 1. The summed E-state index contributed by atoms with van der Waals surface area (Å²) < 4.78 is 0. The summed E-state index contributed by atoms with van der Waals surface area (Å²) in [5.74, 6) is 0.700. The van der Waals surface area contributed by atoms with E-state index in [0.717, 1.165) is 50.5 Å². The highest BCUT2D eigenvalue weighted by atomic mass is 35.5. The lowest BCUT2D eigenvalue weighted by Crippen LogP contribution is -2.17. The van der Waals surface area contributed by atoms with Crippen LogP contribution in [0.4, 0.5) is 0 Å². The van der Waals surface area contributed by atoms with Gasteiger partial charge in [0.25, 0.3) is 0 Å². The molecule has 1 aliphatic carbocycles. The fourth-order valence-electron chi connectivity index (χ4n) is 4.54. The molecule has 0 radical (unpaired) electrons. The van der Waals surface area contributed by atoms with Gasteiger partial charge < -0.3 is 5.11 Å². The van der Waals surface area contributed by atoms with Gasteiger partial charge in [0.05, 0.1) is 6.10 Å². The number of aryl methyl sites for hydroxylation is 1. The van der Waals surface area contributed by atoms with Crippen LogP contribution in [0.1, 0.15) is 74.2 Å². The first-order chi connectivity index (χ1) is 13.6. The normalized spacial score (nSPS) is 25.7. The van der Waals surface area contributed by atoms with Crippen LogP contribution in [0.5, 0.6) is 0 Å². The summed E-state index contributed by atoms with van der Waals surface area (Å²) in [6.45, 7) is 2.15. The Balaban J connectivity index is 1.64. The molecule has 0 heterocycles. The first kappa shape index (κ1) is 21.7. The van der Waals surface area contributed by atoms with E-state index in [2.05, 4.69) is 61.5 Å². The average Bonchev–Trinajstić information content (AvgIpc) is 3.00. The molecule has 0 spiro atoms. The molecule has 0 aromatic heterocycles. The molecule has 1 saturated carbocycles. The van der Waals surface area contributed by atoms with E-state index in [1.165, 1.54) is 11.1 Å². The van der Waals surface area contributed by atoms with Gasteiger partial charge in [0.2, 0.25) is 0 Å². The number of halogens is 2. The second-order valence-electron chi connectivity index (χ2n) is 8.16. The molecule has 3 rings (SSSR count). The van der Waals surface area contributed by atoms with E-state index in [0.29, 0.717) is 11.8 Å². The minimum Gasteiger partial charge on any atom is -0.388 e. The Bertz CT molecular complexity index is 700. The van der Waals surface area contributed by atoms with Gasteiger partial charge in [-0.15, -0.1) is 23.2 Å². The zero-order valence-corrected chi connectivity index (χ0v) is 18.2. The van der Waals surface area contributed by atoms with E-state index in [-0.39, 0.29) is 16.9 Å². The molecule has 5 unspecified atom stereocenters. The minimum absolute atomic E-state index is 0.0834. The minimum atomic E-state index is -0.369. The van der Waals surface area contributed by atoms with Crippen molar-refractivity contribution in [2.75, 3.05) is 0 Å².